The van der Waals surface area contributed by atoms with Crippen LogP contribution in [0.2, 0.25) is 0 Å². The molecule has 0 fully saturated rings. The molecule has 0 radical (unpaired) electrons. The molecule has 162 valence electrons. The van der Waals surface area contributed by atoms with Crippen molar-refractivity contribution in [2.75, 3.05) is 12.4 Å². The molecule has 0 aliphatic carbocycles. The maximum absolute atomic E-state index is 12.3. The Bertz CT molecular complexity index is 1160. The maximum atomic E-state index is 12.3. The molecule has 0 aromatic heterocycles. The van der Waals surface area contributed by atoms with Crippen LogP contribution < -0.4 is 20.2 Å². The van der Waals surface area contributed by atoms with E-state index < -0.39 is 17.8 Å². The van der Waals surface area contributed by atoms with Crippen LogP contribution >= 0.6 is 0 Å². The van der Waals surface area contributed by atoms with Crippen LogP contribution in [0.3, 0.4) is 0 Å². The number of carbonyl (C=O) groups is 3. The van der Waals surface area contributed by atoms with Gasteiger partial charge in [-0.1, -0.05) is 35.9 Å². The van der Waals surface area contributed by atoms with Crippen molar-refractivity contribution in [1.29, 1.82) is 0 Å². The zero-order valence-electron chi connectivity index (χ0n) is 17.5. The molecule has 0 bridgehead atoms. The van der Waals surface area contributed by atoms with Gasteiger partial charge in [0, 0.05) is 5.69 Å². The molecule has 8 nitrogen and oxygen atoms in total. The summed E-state index contributed by atoms with van der Waals surface area (Å²) >= 11 is 0. The highest BCUT2D eigenvalue weighted by Crippen LogP contribution is 2.17. The number of aryl methyl sites for hydroxylation is 1. The fourth-order valence-corrected chi connectivity index (χ4v) is 2.62. The fraction of sp³-hybridized carbons (Fsp3) is 0.0833. The number of ether oxygens (including phenoxy) is 2. The number of rotatable bonds is 6. The summed E-state index contributed by atoms with van der Waals surface area (Å²) in [5.74, 6) is -1.46. The number of esters is 1. The average molecular weight is 431 g/mol. The zero-order valence-corrected chi connectivity index (χ0v) is 17.5. The van der Waals surface area contributed by atoms with Gasteiger partial charge in [-0.25, -0.2) is 10.2 Å². The Morgan fingerprint density at radius 1 is 0.875 bits per heavy atom. The third-order valence-corrected chi connectivity index (χ3v) is 4.27. The second-order valence-corrected chi connectivity index (χ2v) is 6.71. The lowest BCUT2D eigenvalue weighted by atomic mass is 10.2. The van der Waals surface area contributed by atoms with Crippen molar-refractivity contribution in [1.82, 2.24) is 5.43 Å². The number of anilines is 1. The Hall–Kier alpha value is -4.46. The first-order chi connectivity index (χ1) is 15.4. The van der Waals surface area contributed by atoms with Crippen LogP contribution in [0.25, 0.3) is 0 Å². The van der Waals surface area contributed by atoms with Crippen LogP contribution in [0.5, 0.6) is 11.5 Å². The quantitative estimate of drug-likeness (QED) is 0.205. The van der Waals surface area contributed by atoms with E-state index in [1.165, 1.54) is 13.3 Å². The summed E-state index contributed by atoms with van der Waals surface area (Å²) in [6.45, 7) is 1.92. The molecule has 0 saturated carbocycles. The van der Waals surface area contributed by atoms with E-state index in [1.807, 2.05) is 19.1 Å². The molecule has 0 saturated heterocycles. The van der Waals surface area contributed by atoms with E-state index in [-0.39, 0.29) is 0 Å². The predicted molar refractivity (Wildman–Crippen MR) is 120 cm³/mol. The fourth-order valence-electron chi connectivity index (χ4n) is 2.62. The monoisotopic (exact) mass is 431 g/mol. The Balaban J connectivity index is 1.56. The van der Waals surface area contributed by atoms with Gasteiger partial charge in [0.05, 0.1) is 18.9 Å². The zero-order chi connectivity index (χ0) is 22.9. The maximum Gasteiger partial charge on any atom is 0.343 e. The summed E-state index contributed by atoms with van der Waals surface area (Å²) in [5, 5.41) is 6.26. The molecule has 0 heterocycles. The van der Waals surface area contributed by atoms with Crippen LogP contribution in [0.15, 0.2) is 77.9 Å². The number of amides is 2. The van der Waals surface area contributed by atoms with Crippen molar-refractivity contribution in [3.63, 3.8) is 0 Å². The highest BCUT2D eigenvalue weighted by molar-refractivity contribution is 6.39. The molecular weight excluding hydrogens is 410 g/mol. The molecular formula is C24H21N3O5. The molecule has 32 heavy (non-hydrogen) atoms. The van der Waals surface area contributed by atoms with Crippen molar-refractivity contribution in [3.8, 4) is 11.5 Å². The molecule has 0 aliphatic heterocycles. The molecule has 0 aliphatic rings. The summed E-state index contributed by atoms with van der Waals surface area (Å²) in [7, 11) is 1.51. The van der Waals surface area contributed by atoms with Gasteiger partial charge in [-0.3, -0.25) is 9.59 Å². The van der Waals surface area contributed by atoms with Gasteiger partial charge in [-0.15, -0.1) is 0 Å². The molecule has 2 N–H and O–H groups in total. The SMILES string of the molecule is COc1cccc(C(=O)Oc2cccc(/C=N/NC(=O)C(=O)Nc3ccc(C)cc3)c2)c1. The van der Waals surface area contributed by atoms with Crippen LogP contribution in [0, 0.1) is 6.92 Å². The molecule has 3 rings (SSSR count). The van der Waals surface area contributed by atoms with E-state index in [1.54, 1.807) is 60.7 Å². The number of methoxy groups -OCH3 is 1. The first-order valence-electron chi connectivity index (χ1n) is 9.62. The minimum Gasteiger partial charge on any atom is -0.497 e. The molecule has 3 aromatic carbocycles. The molecule has 2 amide bonds. The van der Waals surface area contributed by atoms with Crippen LogP contribution in [0.1, 0.15) is 21.5 Å². The molecule has 3 aromatic rings. The first-order valence-corrected chi connectivity index (χ1v) is 9.62. The summed E-state index contributed by atoms with van der Waals surface area (Å²) in [6, 6.07) is 20.2. The van der Waals surface area contributed by atoms with E-state index in [2.05, 4.69) is 15.8 Å². The number of hydrogen-bond acceptors (Lipinski definition) is 6. The van der Waals surface area contributed by atoms with Crippen molar-refractivity contribution in [2.45, 2.75) is 6.92 Å². The Kier molecular flexibility index (Phi) is 7.32. The smallest absolute Gasteiger partial charge is 0.343 e. The lowest BCUT2D eigenvalue weighted by molar-refractivity contribution is -0.136. The highest BCUT2D eigenvalue weighted by atomic mass is 16.5. The van der Waals surface area contributed by atoms with Crippen molar-refractivity contribution in [2.24, 2.45) is 5.10 Å². The van der Waals surface area contributed by atoms with Crippen LogP contribution in [-0.4, -0.2) is 31.1 Å². The third-order valence-electron chi connectivity index (χ3n) is 4.27. The van der Waals surface area contributed by atoms with Gasteiger partial charge in [0.15, 0.2) is 0 Å². The van der Waals surface area contributed by atoms with E-state index in [0.717, 1.165) is 5.56 Å². The van der Waals surface area contributed by atoms with Crippen molar-refractivity contribution >= 4 is 29.7 Å². The predicted octanol–water partition coefficient (Wildman–Crippen LogP) is 3.31. The Morgan fingerprint density at radius 2 is 1.59 bits per heavy atom. The average Bonchev–Trinajstić information content (AvgIpc) is 2.80. The lowest BCUT2D eigenvalue weighted by Crippen LogP contribution is -2.32. The first kappa shape index (κ1) is 22.2. The van der Waals surface area contributed by atoms with Gasteiger partial charge in [-0.05, 0) is 55.0 Å². The number of carbonyl (C=O) groups excluding carboxylic acids is 3. The standard InChI is InChI=1S/C24H21N3O5/c1-16-9-11-19(12-10-16)26-22(28)23(29)27-25-15-17-5-3-8-21(13-17)32-24(30)18-6-4-7-20(14-18)31-2/h3-15H,1-2H3,(H,26,28)(H,27,29)/b25-15+. The normalized spacial score (nSPS) is 10.4. The molecule has 8 heteroatoms. The summed E-state index contributed by atoms with van der Waals surface area (Å²) in [5.41, 5.74) is 4.60. The second-order valence-electron chi connectivity index (χ2n) is 6.71. The van der Waals surface area contributed by atoms with Gasteiger partial charge >= 0.3 is 17.8 Å². The number of nitrogens with one attached hydrogen (secondary N) is 2. The highest BCUT2D eigenvalue weighted by Gasteiger charge is 2.13. The van der Waals surface area contributed by atoms with E-state index in [0.29, 0.717) is 28.3 Å². The Labute approximate surface area is 184 Å². The van der Waals surface area contributed by atoms with Crippen LogP contribution in [0.4, 0.5) is 5.69 Å². The summed E-state index contributed by atoms with van der Waals surface area (Å²) in [6.07, 6.45) is 1.33. The minimum absolute atomic E-state index is 0.296. The van der Waals surface area contributed by atoms with Gasteiger partial charge in [0.1, 0.15) is 11.5 Å². The van der Waals surface area contributed by atoms with Crippen molar-refractivity contribution in [3.05, 3.63) is 89.5 Å². The largest absolute Gasteiger partial charge is 0.497 e. The summed E-state index contributed by atoms with van der Waals surface area (Å²) < 4.78 is 10.5. The number of nitrogens with zero attached hydrogens (tertiary/aromatic N) is 1. The topological polar surface area (TPSA) is 106 Å². The van der Waals surface area contributed by atoms with E-state index in [9.17, 15) is 14.4 Å². The van der Waals surface area contributed by atoms with E-state index >= 15 is 0 Å². The lowest BCUT2D eigenvalue weighted by Gasteiger charge is -2.06. The molecule has 0 unspecified atom stereocenters. The van der Waals surface area contributed by atoms with Gasteiger partial charge in [-0.2, -0.15) is 5.10 Å². The van der Waals surface area contributed by atoms with Crippen LogP contribution in [-0.2, 0) is 9.59 Å². The second kappa shape index (κ2) is 10.5. The van der Waals surface area contributed by atoms with Gasteiger partial charge < -0.3 is 14.8 Å². The minimum atomic E-state index is -0.914. The van der Waals surface area contributed by atoms with Crippen molar-refractivity contribution < 1.29 is 23.9 Å². The molecule has 0 atom stereocenters. The number of hydrazone groups is 1. The summed E-state index contributed by atoms with van der Waals surface area (Å²) in [4.78, 5) is 36.2. The number of hydrogen-bond donors (Lipinski definition) is 2. The van der Waals surface area contributed by atoms with Gasteiger partial charge in [0.25, 0.3) is 0 Å². The molecule has 0 spiro atoms. The van der Waals surface area contributed by atoms with E-state index in [4.69, 9.17) is 9.47 Å². The van der Waals surface area contributed by atoms with Gasteiger partial charge in [0.2, 0.25) is 0 Å². The number of benzene rings is 3. The Morgan fingerprint density at radius 3 is 2.34 bits per heavy atom. The third kappa shape index (κ3) is 6.27.